The van der Waals surface area contributed by atoms with Gasteiger partial charge in [0.05, 0.1) is 6.54 Å². The summed E-state index contributed by atoms with van der Waals surface area (Å²) in [5.41, 5.74) is 4.77. The number of anilines is 2. The molecule has 0 heterocycles. The van der Waals surface area contributed by atoms with Gasteiger partial charge in [-0.1, -0.05) is 18.2 Å². The highest BCUT2D eigenvalue weighted by atomic mass is 16.5. The highest BCUT2D eigenvalue weighted by Gasteiger charge is 2.09. The molecule has 0 amide bonds. The number of rotatable bonds is 8. The van der Waals surface area contributed by atoms with Crippen molar-refractivity contribution in [2.45, 2.75) is 40.7 Å². The van der Waals surface area contributed by atoms with Crippen LogP contribution in [0.15, 0.2) is 42.5 Å². The molecule has 0 saturated carbocycles. The van der Waals surface area contributed by atoms with Crippen molar-refractivity contribution >= 4 is 11.4 Å². The van der Waals surface area contributed by atoms with E-state index in [4.69, 9.17) is 4.74 Å². The molecule has 24 heavy (non-hydrogen) atoms. The molecular weight excluding hydrogens is 296 g/mol. The number of aryl methyl sites for hydroxylation is 2. The topological polar surface area (TPSA) is 24.5 Å². The Morgan fingerprint density at radius 3 is 2.08 bits per heavy atom. The molecule has 0 aliphatic heterocycles. The Morgan fingerprint density at radius 1 is 0.958 bits per heavy atom. The minimum absolute atomic E-state index is 0.104. The second kappa shape index (κ2) is 8.62. The summed E-state index contributed by atoms with van der Waals surface area (Å²) in [6.07, 6.45) is 0.104. The molecule has 1 N–H and O–H groups in total. The van der Waals surface area contributed by atoms with E-state index >= 15 is 0 Å². The van der Waals surface area contributed by atoms with Crippen LogP contribution < -0.4 is 15.0 Å². The Labute approximate surface area is 146 Å². The van der Waals surface area contributed by atoms with Crippen molar-refractivity contribution in [3.05, 3.63) is 53.6 Å². The second-order valence-electron chi connectivity index (χ2n) is 6.25. The van der Waals surface area contributed by atoms with Gasteiger partial charge in [-0.15, -0.1) is 0 Å². The fraction of sp³-hybridized carbons (Fsp3) is 0.429. The number of para-hydroxylation sites is 1. The van der Waals surface area contributed by atoms with Crippen molar-refractivity contribution in [3.63, 3.8) is 0 Å². The molecule has 0 spiro atoms. The smallest absolute Gasteiger partial charge is 0.125 e. The molecule has 2 rings (SSSR count). The van der Waals surface area contributed by atoms with Crippen LogP contribution >= 0.6 is 0 Å². The molecule has 2 aromatic rings. The van der Waals surface area contributed by atoms with E-state index in [0.29, 0.717) is 0 Å². The fourth-order valence-corrected chi connectivity index (χ4v) is 2.87. The second-order valence-corrected chi connectivity index (χ2v) is 6.25. The molecule has 3 nitrogen and oxygen atoms in total. The third kappa shape index (κ3) is 4.67. The first-order valence-electron chi connectivity index (χ1n) is 8.86. The molecule has 1 atom stereocenters. The average molecular weight is 326 g/mol. The summed E-state index contributed by atoms with van der Waals surface area (Å²) in [6, 6.07) is 14.9. The number of benzene rings is 2. The maximum absolute atomic E-state index is 6.12. The molecule has 0 bridgehead atoms. The highest BCUT2D eigenvalue weighted by molar-refractivity contribution is 5.55. The Morgan fingerprint density at radius 2 is 1.54 bits per heavy atom. The number of nitrogens with zero attached hydrogens (tertiary/aromatic N) is 1. The zero-order valence-electron chi connectivity index (χ0n) is 15.6. The van der Waals surface area contributed by atoms with Crippen molar-refractivity contribution in [1.29, 1.82) is 0 Å². The molecule has 0 aliphatic carbocycles. The lowest BCUT2D eigenvalue weighted by Gasteiger charge is -2.22. The predicted molar refractivity (Wildman–Crippen MR) is 104 cm³/mol. The van der Waals surface area contributed by atoms with Crippen LogP contribution in [0.2, 0.25) is 0 Å². The van der Waals surface area contributed by atoms with E-state index in [1.807, 2.05) is 0 Å². The maximum Gasteiger partial charge on any atom is 0.125 e. The largest absolute Gasteiger partial charge is 0.488 e. The average Bonchev–Trinajstić information content (AvgIpc) is 2.59. The van der Waals surface area contributed by atoms with Gasteiger partial charge in [-0.25, -0.2) is 0 Å². The Hall–Kier alpha value is -2.16. The van der Waals surface area contributed by atoms with Gasteiger partial charge in [-0.2, -0.15) is 0 Å². The summed E-state index contributed by atoms with van der Waals surface area (Å²) in [5.74, 6) is 1.00. The molecule has 2 aromatic carbocycles. The first-order chi connectivity index (χ1) is 11.5. The molecule has 0 aromatic heterocycles. The summed E-state index contributed by atoms with van der Waals surface area (Å²) >= 11 is 0. The van der Waals surface area contributed by atoms with Gasteiger partial charge in [0.2, 0.25) is 0 Å². The van der Waals surface area contributed by atoms with Gasteiger partial charge in [0.15, 0.2) is 0 Å². The van der Waals surface area contributed by atoms with Crippen LogP contribution in [-0.2, 0) is 0 Å². The minimum atomic E-state index is 0.104. The van der Waals surface area contributed by atoms with Gasteiger partial charge in [-0.3, -0.25) is 0 Å². The molecule has 0 aliphatic rings. The maximum atomic E-state index is 6.12. The summed E-state index contributed by atoms with van der Waals surface area (Å²) < 4.78 is 6.12. The van der Waals surface area contributed by atoms with Crippen LogP contribution in [0.1, 0.15) is 31.9 Å². The van der Waals surface area contributed by atoms with E-state index < -0.39 is 0 Å². The zero-order chi connectivity index (χ0) is 17.5. The quantitative estimate of drug-likeness (QED) is 0.736. The van der Waals surface area contributed by atoms with E-state index in [9.17, 15) is 0 Å². The third-order valence-corrected chi connectivity index (χ3v) is 4.32. The number of nitrogens with one attached hydrogen (secondary N) is 1. The van der Waals surface area contributed by atoms with Gasteiger partial charge in [0.25, 0.3) is 0 Å². The number of hydrogen-bond acceptors (Lipinski definition) is 3. The van der Waals surface area contributed by atoms with Crippen molar-refractivity contribution in [3.8, 4) is 5.75 Å². The van der Waals surface area contributed by atoms with Crippen LogP contribution in [-0.4, -0.2) is 25.7 Å². The molecule has 0 radical (unpaired) electrons. The van der Waals surface area contributed by atoms with E-state index in [1.165, 1.54) is 16.8 Å². The van der Waals surface area contributed by atoms with E-state index in [-0.39, 0.29) is 6.10 Å². The van der Waals surface area contributed by atoms with Gasteiger partial charge in [-0.05, 0) is 70.0 Å². The van der Waals surface area contributed by atoms with Crippen LogP contribution in [0, 0.1) is 13.8 Å². The van der Waals surface area contributed by atoms with Crippen LogP contribution in [0.5, 0.6) is 5.75 Å². The molecule has 0 saturated heterocycles. The van der Waals surface area contributed by atoms with Crippen molar-refractivity contribution in [2.75, 3.05) is 29.9 Å². The highest BCUT2D eigenvalue weighted by Crippen LogP contribution is 2.24. The first kappa shape index (κ1) is 18.2. The first-order valence-corrected chi connectivity index (χ1v) is 8.86. The fourth-order valence-electron chi connectivity index (χ4n) is 2.87. The van der Waals surface area contributed by atoms with Gasteiger partial charge < -0.3 is 15.0 Å². The Bertz CT molecular complexity index is 613. The summed E-state index contributed by atoms with van der Waals surface area (Å²) in [6.45, 7) is 13.5. The number of ether oxygens (including phenoxy) is 1. The lowest BCUT2D eigenvalue weighted by Crippen LogP contribution is -2.23. The van der Waals surface area contributed by atoms with Crippen LogP contribution in [0.25, 0.3) is 0 Å². The zero-order valence-corrected chi connectivity index (χ0v) is 15.6. The standard InChI is InChI=1S/C21H30N2O/c1-6-23(7-2)20-13-11-19(12-14-20)22-15-18(5)24-21-16(3)9-8-10-17(21)4/h8-14,18,22H,6-7,15H2,1-5H3/t18-/m0/s1. The molecule has 0 fully saturated rings. The lowest BCUT2D eigenvalue weighted by molar-refractivity contribution is 0.231. The summed E-state index contributed by atoms with van der Waals surface area (Å²) in [4.78, 5) is 2.34. The van der Waals surface area contributed by atoms with Gasteiger partial charge in [0, 0.05) is 24.5 Å². The lowest BCUT2D eigenvalue weighted by atomic mass is 10.1. The van der Waals surface area contributed by atoms with Gasteiger partial charge in [0.1, 0.15) is 11.9 Å². The minimum Gasteiger partial charge on any atom is -0.488 e. The normalized spacial score (nSPS) is 11.9. The van der Waals surface area contributed by atoms with Crippen LogP contribution in [0.3, 0.4) is 0 Å². The molecule has 130 valence electrons. The van der Waals surface area contributed by atoms with Crippen molar-refractivity contribution in [1.82, 2.24) is 0 Å². The third-order valence-electron chi connectivity index (χ3n) is 4.32. The van der Waals surface area contributed by atoms with Gasteiger partial charge >= 0.3 is 0 Å². The Balaban J connectivity index is 1.91. The number of hydrogen-bond donors (Lipinski definition) is 1. The Kier molecular flexibility index (Phi) is 6.53. The van der Waals surface area contributed by atoms with Crippen LogP contribution in [0.4, 0.5) is 11.4 Å². The SMILES string of the molecule is CCN(CC)c1ccc(NC[C@H](C)Oc2c(C)cccc2C)cc1. The van der Waals surface area contributed by atoms with E-state index in [1.54, 1.807) is 0 Å². The van der Waals surface area contributed by atoms with Crippen molar-refractivity contribution < 1.29 is 4.74 Å². The monoisotopic (exact) mass is 326 g/mol. The summed E-state index contributed by atoms with van der Waals surface area (Å²) in [5, 5.41) is 3.46. The van der Waals surface area contributed by atoms with E-state index in [2.05, 4.69) is 87.3 Å². The molecular formula is C21H30N2O. The predicted octanol–water partition coefficient (Wildman–Crippen LogP) is 5.03. The summed E-state index contributed by atoms with van der Waals surface area (Å²) in [7, 11) is 0. The van der Waals surface area contributed by atoms with Crippen molar-refractivity contribution in [2.24, 2.45) is 0 Å². The molecule has 3 heteroatoms. The van der Waals surface area contributed by atoms with E-state index in [0.717, 1.165) is 31.1 Å². The molecule has 0 unspecified atom stereocenters.